The van der Waals surface area contributed by atoms with Crippen LogP contribution in [0.2, 0.25) is 0 Å². The largest absolute Gasteiger partial charge is 0.494 e. The van der Waals surface area contributed by atoms with Crippen LogP contribution in [-0.4, -0.2) is 25.6 Å². The zero-order chi connectivity index (χ0) is 13.1. The molecule has 4 nitrogen and oxygen atoms in total. The summed E-state index contributed by atoms with van der Waals surface area (Å²) in [5, 5.41) is 2.96. The monoisotopic (exact) mass is 248 g/mol. The highest BCUT2D eigenvalue weighted by Crippen LogP contribution is 2.37. The van der Waals surface area contributed by atoms with E-state index in [-0.39, 0.29) is 5.91 Å². The van der Waals surface area contributed by atoms with Crippen molar-refractivity contribution in [2.45, 2.75) is 32.7 Å². The van der Waals surface area contributed by atoms with Crippen molar-refractivity contribution in [1.82, 2.24) is 0 Å². The minimum Gasteiger partial charge on any atom is -0.494 e. The number of para-hydroxylation sites is 1. The molecule has 1 N–H and O–H groups in total. The first-order chi connectivity index (χ1) is 8.63. The van der Waals surface area contributed by atoms with Gasteiger partial charge in [0.1, 0.15) is 11.4 Å². The quantitative estimate of drug-likeness (QED) is 0.874. The van der Waals surface area contributed by atoms with Gasteiger partial charge in [0.15, 0.2) is 0 Å². The maximum atomic E-state index is 11.8. The Labute approximate surface area is 108 Å². The molecule has 1 aromatic carbocycles. The van der Waals surface area contributed by atoms with Crippen molar-refractivity contribution in [2.75, 3.05) is 23.9 Å². The van der Waals surface area contributed by atoms with Crippen molar-refractivity contribution in [3.8, 4) is 5.75 Å². The second-order valence-electron chi connectivity index (χ2n) is 4.79. The summed E-state index contributed by atoms with van der Waals surface area (Å²) < 4.78 is 5.34. The molecule has 1 aliphatic heterocycles. The molecule has 0 bridgehead atoms. The standard InChI is InChI=1S/C14H20N2O2/c1-10(2)16-9-5-8-13(17)15-14-11(16)6-4-7-12(14)18-3/h4,6-7,10H,5,8-9H2,1-3H3,(H,15,17). The number of hydrogen-bond donors (Lipinski definition) is 1. The van der Waals surface area contributed by atoms with Gasteiger partial charge in [0.25, 0.3) is 0 Å². The summed E-state index contributed by atoms with van der Waals surface area (Å²) >= 11 is 0. The molecule has 1 aromatic rings. The molecule has 0 spiro atoms. The van der Waals surface area contributed by atoms with Gasteiger partial charge in [-0.3, -0.25) is 4.79 Å². The normalized spacial score (nSPS) is 15.8. The summed E-state index contributed by atoms with van der Waals surface area (Å²) in [5.41, 5.74) is 1.83. The summed E-state index contributed by atoms with van der Waals surface area (Å²) in [4.78, 5) is 14.1. The van der Waals surface area contributed by atoms with Crippen molar-refractivity contribution in [2.24, 2.45) is 0 Å². The number of carbonyl (C=O) groups excluding carboxylic acids is 1. The molecule has 1 heterocycles. The topological polar surface area (TPSA) is 41.6 Å². The van der Waals surface area contributed by atoms with Crippen LogP contribution in [0.4, 0.5) is 11.4 Å². The molecule has 98 valence electrons. The Hall–Kier alpha value is -1.71. The third-order valence-corrected chi connectivity index (χ3v) is 3.22. The number of ether oxygens (including phenoxy) is 1. The Morgan fingerprint density at radius 3 is 2.83 bits per heavy atom. The van der Waals surface area contributed by atoms with Crippen molar-refractivity contribution < 1.29 is 9.53 Å². The smallest absolute Gasteiger partial charge is 0.224 e. The lowest BCUT2D eigenvalue weighted by Crippen LogP contribution is -2.34. The van der Waals surface area contributed by atoms with Gasteiger partial charge in [-0.15, -0.1) is 0 Å². The number of methoxy groups -OCH3 is 1. The van der Waals surface area contributed by atoms with Gasteiger partial charge in [0, 0.05) is 19.0 Å². The fourth-order valence-corrected chi connectivity index (χ4v) is 2.32. The molecule has 4 heteroatoms. The van der Waals surface area contributed by atoms with Gasteiger partial charge >= 0.3 is 0 Å². The molecule has 0 atom stereocenters. The molecule has 1 amide bonds. The molecule has 0 radical (unpaired) electrons. The Balaban J connectivity index is 2.50. The lowest BCUT2D eigenvalue weighted by Gasteiger charge is -2.33. The molecule has 0 aromatic heterocycles. The number of amides is 1. The SMILES string of the molecule is COc1cccc2c1NC(=O)CCCN2C(C)C. The fourth-order valence-electron chi connectivity index (χ4n) is 2.32. The summed E-state index contributed by atoms with van der Waals surface area (Å²) in [6.07, 6.45) is 1.43. The van der Waals surface area contributed by atoms with Gasteiger partial charge in [-0.05, 0) is 32.4 Å². The van der Waals surface area contributed by atoms with E-state index in [0.717, 1.165) is 24.3 Å². The zero-order valence-corrected chi connectivity index (χ0v) is 11.2. The van der Waals surface area contributed by atoms with Gasteiger partial charge in [0.05, 0.1) is 12.8 Å². The van der Waals surface area contributed by atoms with Crippen LogP contribution >= 0.6 is 0 Å². The lowest BCUT2D eigenvalue weighted by molar-refractivity contribution is -0.116. The van der Waals surface area contributed by atoms with E-state index in [1.54, 1.807) is 7.11 Å². The van der Waals surface area contributed by atoms with Gasteiger partial charge in [-0.1, -0.05) is 6.07 Å². The third kappa shape index (κ3) is 2.42. The van der Waals surface area contributed by atoms with Gasteiger partial charge in [-0.2, -0.15) is 0 Å². The maximum Gasteiger partial charge on any atom is 0.224 e. The Kier molecular flexibility index (Phi) is 3.75. The van der Waals surface area contributed by atoms with Gasteiger partial charge < -0.3 is 15.0 Å². The maximum absolute atomic E-state index is 11.8. The van der Waals surface area contributed by atoms with Crippen molar-refractivity contribution in [3.05, 3.63) is 18.2 Å². The summed E-state index contributed by atoms with van der Waals surface area (Å²) in [6.45, 7) is 5.21. The van der Waals surface area contributed by atoms with E-state index in [4.69, 9.17) is 4.74 Å². The number of anilines is 2. The molecule has 0 saturated carbocycles. The predicted octanol–water partition coefficient (Wildman–Crippen LogP) is 2.64. The summed E-state index contributed by atoms with van der Waals surface area (Å²) in [7, 11) is 1.63. The number of nitrogens with one attached hydrogen (secondary N) is 1. The molecule has 0 aliphatic carbocycles. The number of benzene rings is 1. The van der Waals surface area contributed by atoms with Crippen LogP contribution in [0.15, 0.2) is 18.2 Å². The van der Waals surface area contributed by atoms with Crippen LogP contribution in [0.1, 0.15) is 26.7 Å². The summed E-state index contributed by atoms with van der Waals surface area (Å²) in [5.74, 6) is 0.776. The average molecular weight is 248 g/mol. The van der Waals surface area contributed by atoms with E-state index in [1.165, 1.54) is 0 Å². The van der Waals surface area contributed by atoms with Crippen molar-refractivity contribution in [3.63, 3.8) is 0 Å². The second-order valence-corrected chi connectivity index (χ2v) is 4.79. The van der Waals surface area contributed by atoms with E-state index < -0.39 is 0 Å². The lowest BCUT2D eigenvalue weighted by atomic mass is 10.1. The van der Waals surface area contributed by atoms with Crippen molar-refractivity contribution in [1.29, 1.82) is 0 Å². The van der Waals surface area contributed by atoms with Gasteiger partial charge in [0.2, 0.25) is 5.91 Å². The molecular weight excluding hydrogens is 228 g/mol. The highest BCUT2D eigenvalue weighted by Gasteiger charge is 2.21. The van der Waals surface area contributed by atoms with Crippen LogP contribution < -0.4 is 15.0 Å². The molecule has 18 heavy (non-hydrogen) atoms. The fraction of sp³-hybridized carbons (Fsp3) is 0.500. The van der Waals surface area contributed by atoms with E-state index in [9.17, 15) is 4.79 Å². The number of nitrogens with zero attached hydrogens (tertiary/aromatic N) is 1. The molecule has 0 unspecified atom stereocenters. The summed E-state index contributed by atoms with van der Waals surface area (Å²) in [6, 6.07) is 6.26. The van der Waals surface area contributed by atoms with Crippen LogP contribution in [0.25, 0.3) is 0 Å². The molecular formula is C14H20N2O2. The second kappa shape index (κ2) is 5.29. The number of hydrogen-bond acceptors (Lipinski definition) is 3. The first kappa shape index (κ1) is 12.7. The number of rotatable bonds is 2. The Bertz CT molecular complexity index is 443. The first-order valence-electron chi connectivity index (χ1n) is 6.37. The van der Waals surface area contributed by atoms with E-state index in [1.807, 2.05) is 18.2 Å². The Morgan fingerprint density at radius 2 is 2.17 bits per heavy atom. The third-order valence-electron chi connectivity index (χ3n) is 3.22. The predicted molar refractivity (Wildman–Crippen MR) is 73.3 cm³/mol. The minimum atomic E-state index is 0.0594. The average Bonchev–Trinajstić information content (AvgIpc) is 2.32. The highest BCUT2D eigenvalue weighted by atomic mass is 16.5. The molecule has 0 saturated heterocycles. The van der Waals surface area contributed by atoms with E-state index >= 15 is 0 Å². The first-order valence-corrected chi connectivity index (χ1v) is 6.37. The number of carbonyl (C=O) groups is 1. The van der Waals surface area contributed by atoms with Crippen LogP contribution in [0.3, 0.4) is 0 Å². The van der Waals surface area contributed by atoms with Gasteiger partial charge in [-0.25, -0.2) is 0 Å². The van der Waals surface area contributed by atoms with Crippen molar-refractivity contribution >= 4 is 17.3 Å². The molecule has 1 aliphatic rings. The van der Waals surface area contributed by atoms with Crippen LogP contribution in [0, 0.1) is 0 Å². The van der Waals surface area contributed by atoms with Crippen LogP contribution in [-0.2, 0) is 4.79 Å². The Morgan fingerprint density at radius 1 is 1.39 bits per heavy atom. The highest BCUT2D eigenvalue weighted by molar-refractivity contribution is 5.97. The zero-order valence-electron chi connectivity index (χ0n) is 11.2. The molecule has 0 fully saturated rings. The van der Waals surface area contributed by atoms with E-state index in [0.29, 0.717) is 18.2 Å². The number of fused-ring (bicyclic) bond motifs is 1. The molecule has 2 rings (SSSR count). The minimum absolute atomic E-state index is 0.0594. The van der Waals surface area contributed by atoms with Crippen LogP contribution in [0.5, 0.6) is 5.75 Å². The van der Waals surface area contributed by atoms with E-state index in [2.05, 4.69) is 24.1 Å².